The molecule has 2 rings (SSSR count). The lowest BCUT2D eigenvalue weighted by molar-refractivity contribution is 0.0697. The first-order chi connectivity index (χ1) is 14.3. The Balaban J connectivity index is 2.43. The number of hydrogen-bond donors (Lipinski definition) is 2. The summed E-state index contributed by atoms with van der Waals surface area (Å²) in [5, 5.41) is 12.9. The Bertz CT molecular complexity index is 934. The minimum absolute atomic E-state index is 0.264. The molecule has 0 radical (unpaired) electrons. The molecule has 0 saturated carbocycles. The number of carbonyl (C=O) groups is 1. The smallest absolute Gasteiger partial charge is 0.336 e. The fourth-order valence-corrected chi connectivity index (χ4v) is 3.61. The molecule has 5 heteroatoms. The molecule has 2 aromatic rings. The SMILES string of the molecule is C=Nc1c(C(=C)N(C)CCCCCNC)cc(C)cc1-c1ccc(C)cc1C(=O)O. The van der Waals surface area contributed by atoms with E-state index in [1.807, 2.05) is 52.2 Å². The van der Waals surface area contributed by atoms with Gasteiger partial charge in [0.1, 0.15) is 0 Å². The fraction of sp³-hybridized carbons (Fsp3) is 0.360. The molecule has 0 aliphatic carbocycles. The van der Waals surface area contributed by atoms with Crippen LogP contribution in [0.15, 0.2) is 41.9 Å². The van der Waals surface area contributed by atoms with E-state index in [1.54, 1.807) is 6.07 Å². The third-order valence-electron chi connectivity index (χ3n) is 5.30. The monoisotopic (exact) mass is 407 g/mol. The van der Waals surface area contributed by atoms with Gasteiger partial charge in [0.05, 0.1) is 11.3 Å². The predicted molar refractivity (Wildman–Crippen MR) is 127 cm³/mol. The van der Waals surface area contributed by atoms with Gasteiger partial charge in [-0.3, -0.25) is 4.99 Å². The number of nitrogens with one attached hydrogen (secondary N) is 1. The summed E-state index contributed by atoms with van der Waals surface area (Å²) < 4.78 is 0. The first-order valence-electron chi connectivity index (χ1n) is 10.3. The lowest BCUT2D eigenvalue weighted by Gasteiger charge is -2.24. The van der Waals surface area contributed by atoms with Crippen LogP contribution < -0.4 is 5.32 Å². The van der Waals surface area contributed by atoms with Crippen molar-refractivity contribution in [3.8, 4) is 11.1 Å². The first-order valence-corrected chi connectivity index (χ1v) is 10.3. The Morgan fingerprint density at radius 1 is 1.07 bits per heavy atom. The summed E-state index contributed by atoms with van der Waals surface area (Å²) in [5.41, 5.74) is 6.00. The van der Waals surface area contributed by atoms with Crippen molar-refractivity contribution >= 4 is 24.1 Å². The van der Waals surface area contributed by atoms with E-state index in [4.69, 9.17) is 0 Å². The second kappa shape index (κ2) is 10.7. The van der Waals surface area contributed by atoms with Crippen molar-refractivity contribution in [1.82, 2.24) is 10.2 Å². The molecule has 0 aromatic heterocycles. The first kappa shape index (κ1) is 23.4. The molecule has 2 aromatic carbocycles. The minimum Gasteiger partial charge on any atom is -0.478 e. The van der Waals surface area contributed by atoms with Crippen molar-refractivity contribution in [2.75, 3.05) is 27.2 Å². The zero-order valence-electron chi connectivity index (χ0n) is 18.6. The van der Waals surface area contributed by atoms with Crippen LogP contribution in [0.1, 0.15) is 46.3 Å². The number of rotatable bonds is 11. The molecule has 0 saturated heterocycles. The number of unbranched alkanes of at least 4 members (excludes halogenated alkanes) is 2. The maximum Gasteiger partial charge on any atom is 0.336 e. The van der Waals surface area contributed by atoms with E-state index < -0.39 is 5.97 Å². The van der Waals surface area contributed by atoms with Crippen LogP contribution in [0, 0.1) is 13.8 Å². The molecular formula is C25H33N3O2. The predicted octanol–water partition coefficient (Wildman–Crippen LogP) is 5.29. The number of aromatic carboxylic acids is 1. The van der Waals surface area contributed by atoms with Crippen LogP contribution in [0.2, 0.25) is 0 Å². The summed E-state index contributed by atoms with van der Waals surface area (Å²) in [7, 11) is 4.00. The molecule has 0 aliphatic rings. The second-order valence-electron chi connectivity index (χ2n) is 7.75. The van der Waals surface area contributed by atoms with Gasteiger partial charge in [-0.25, -0.2) is 4.79 Å². The summed E-state index contributed by atoms with van der Waals surface area (Å²) in [6.45, 7) is 13.9. The van der Waals surface area contributed by atoms with Crippen molar-refractivity contribution in [2.24, 2.45) is 4.99 Å². The summed E-state index contributed by atoms with van der Waals surface area (Å²) in [4.78, 5) is 18.3. The number of aliphatic imine (C=N–C) groups is 1. The van der Waals surface area contributed by atoms with Crippen LogP contribution >= 0.6 is 0 Å². The number of carboxylic acids is 1. The lowest BCUT2D eigenvalue weighted by atomic mass is 9.92. The number of aryl methyl sites for hydroxylation is 2. The van der Waals surface area contributed by atoms with Gasteiger partial charge in [0, 0.05) is 30.4 Å². The molecule has 0 amide bonds. The number of benzene rings is 2. The molecule has 0 aliphatic heterocycles. The fourth-order valence-electron chi connectivity index (χ4n) is 3.61. The van der Waals surface area contributed by atoms with Gasteiger partial charge in [-0.1, -0.05) is 30.7 Å². The lowest BCUT2D eigenvalue weighted by Crippen LogP contribution is -2.18. The van der Waals surface area contributed by atoms with Crippen LogP contribution in [0.3, 0.4) is 0 Å². The Labute approximate surface area is 180 Å². The van der Waals surface area contributed by atoms with Gasteiger partial charge >= 0.3 is 5.97 Å². The van der Waals surface area contributed by atoms with Crippen LogP contribution in [0.25, 0.3) is 16.8 Å². The van der Waals surface area contributed by atoms with Crippen LogP contribution in [-0.2, 0) is 0 Å². The molecule has 0 atom stereocenters. The van der Waals surface area contributed by atoms with Crippen molar-refractivity contribution < 1.29 is 9.90 Å². The van der Waals surface area contributed by atoms with E-state index in [9.17, 15) is 9.90 Å². The second-order valence-corrected chi connectivity index (χ2v) is 7.75. The number of nitrogens with zero attached hydrogens (tertiary/aromatic N) is 2. The Morgan fingerprint density at radius 2 is 1.77 bits per heavy atom. The molecular weight excluding hydrogens is 374 g/mol. The van der Waals surface area contributed by atoms with Crippen molar-refractivity contribution in [1.29, 1.82) is 0 Å². The van der Waals surface area contributed by atoms with Crippen LogP contribution in [0.5, 0.6) is 0 Å². The highest BCUT2D eigenvalue weighted by atomic mass is 16.4. The average molecular weight is 408 g/mol. The minimum atomic E-state index is -0.954. The van der Waals surface area contributed by atoms with E-state index in [0.717, 1.165) is 60.3 Å². The maximum atomic E-state index is 11.9. The molecule has 0 heterocycles. The van der Waals surface area contributed by atoms with Crippen molar-refractivity contribution in [2.45, 2.75) is 33.1 Å². The molecule has 0 bridgehead atoms. The van der Waals surface area contributed by atoms with Gasteiger partial charge in [0.25, 0.3) is 0 Å². The average Bonchev–Trinajstić information content (AvgIpc) is 2.72. The van der Waals surface area contributed by atoms with E-state index in [2.05, 4.69) is 28.5 Å². The van der Waals surface area contributed by atoms with E-state index >= 15 is 0 Å². The molecule has 30 heavy (non-hydrogen) atoms. The standard InChI is InChI=1S/C25H33N3O2/c1-17-10-11-20(23(14-17)25(29)30)22-16-18(2)15-21(24(22)27-5)19(3)28(6)13-9-7-8-12-26-4/h10-11,14-16,26H,3,5,7-9,12-13H2,1-2,4,6H3,(H,29,30). The highest BCUT2D eigenvalue weighted by Crippen LogP contribution is 2.39. The summed E-state index contributed by atoms with van der Waals surface area (Å²) in [6, 6.07) is 9.47. The molecule has 0 unspecified atom stereocenters. The summed E-state index contributed by atoms with van der Waals surface area (Å²) in [5.74, 6) is -0.954. The molecule has 160 valence electrons. The Hall–Kier alpha value is -2.92. The quantitative estimate of drug-likeness (QED) is 0.392. The third kappa shape index (κ3) is 5.57. The third-order valence-corrected chi connectivity index (χ3v) is 5.30. The number of carboxylic acid groups (broad SMARTS) is 1. The van der Waals surface area contributed by atoms with Crippen molar-refractivity contribution in [3.05, 3.63) is 59.2 Å². The summed E-state index contributed by atoms with van der Waals surface area (Å²) in [6.07, 6.45) is 3.37. The molecule has 5 nitrogen and oxygen atoms in total. The Morgan fingerprint density at radius 3 is 2.40 bits per heavy atom. The van der Waals surface area contributed by atoms with Gasteiger partial charge in [0.15, 0.2) is 0 Å². The van der Waals surface area contributed by atoms with E-state index in [0.29, 0.717) is 11.3 Å². The van der Waals surface area contributed by atoms with Crippen molar-refractivity contribution in [3.63, 3.8) is 0 Å². The molecule has 0 spiro atoms. The zero-order chi connectivity index (χ0) is 22.3. The van der Waals surface area contributed by atoms with Gasteiger partial charge < -0.3 is 15.3 Å². The highest BCUT2D eigenvalue weighted by Gasteiger charge is 2.19. The topological polar surface area (TPSA) is 64.9 Å². The van der Waals surface area contributed by atoms with Gasteiger partial charge in [-0.05, 0) is 76.3 Å². The molecule has 2 N–H and O–H groups in total. The number of hydrogen-bond acceptors (Lipinski definition) is 4. The summed E-state index contributed by atoms with van der Waals surface area (Å²) >= 11 is 0. The van der Waals surface area contributed by atoms with Crippen LogP contribution in [0.4, 0.5) is 5.69 Å². The zero-order valence-corrected chi connectivity index (χ0v) is 18.6. The van der Waals surface area contributed by atoms with E-state index in [1.165, 1.54) is 0 Å². The van der Waals surface area contributed by atoms with Crippen LogP contribution in [-0.4, -0.2) is 49.9 Å². The highest BCUT2D eigenvalue weighted by molar-refractivity contribution is 5.99. The van der Waals surface area contributed by atoms with Gasteiger partial charge in [0.2, 0.25) is 0 Å². The van der Waals surface area contributed by atoms with E-state index in [-0.39, 0.29) is 5.56 Å². The largest absolute Gasteiger partial charge is 0.478 e. The Kier molecular flexibility index (Phi) is 8.36. The maximum absolute atomic E-state index is 11.9. The van der Waals surface area contributed by atoms with Gasteiger partial charge in [-0.2, -0.15) is 0 Å². The normalized spacial score (nSPS) is 10.7. The molecule has 0 fully saturated rings. The van der Waals surface area contributed by atoms with Gasteiger partial charge in [-0.15, -0.1) is 0 Å².